The van der Waals surface area contributed by atoms with Crippen molar-refractivity contribution in [3.63, 3.8) is 0 Å². The van der Waals surface area contributed by atoms with E-state index in [1.165, 1.54) is 9.70 Å². The van der Waals surface area contributed by atoms with Crippen LogP contribution in [0.5, 0.6) is 5.75 Å². The van der Waals surface area contributed by atoms with E-state index in [-0.39, 0.29) is 30.9 Å². The van der Waals surface area contributed by atoms with Crippen molar-refractivity contribution in [1.82, 2.24) is 25.5 Å². The number of anilines is 1. The highest BCUT2D eigenvalue weighted by Gasteiger charge is 2.25. The van der Waals surface area contributed by atoms with E-state index >= 15 is 0 Å². The molecule has 1 heterocycles. The van der Waals surface area contributed by atoms with Gasteiger partial charge in [-0.3, -0.25) is 14.5 Å². The van der Waals surface area contributed by atoms with Crippen molar-refractivity contribution in [2.75, 3.05) is 18.6 Å². The number of nitrogens with one attached hydrogen (secondary N) is 1. The highest BCUT2D eigenvalue weighted by Crippen LogP contribution is 2.30. The van der Waals surface area contributed by atoms with Crippen LogP contribution in [-0.4, -0.2) is 51.7 Å². The average molecular weight is 463 g/mol. The zero-order chi connectivity index (χ0) is 24.1. The molecule has 0 radical (unpaired) electrons. The van der Waals surface area contributed by atoms with Crippen molar-refractivity contribution in [2.24, 2.45) is 0 Å². The number of tetrazole rings is 1. The molecule has 0 aliphatic heterocycles. The minimum absolute atomic E-state index is 0.116. The molecular weight excluding hydrogens is 432 g/mol. The van der Waals surface area contributed by atoms with E-state index < -0.39 is 0 Å². The van der Waals surface area contributed by atoms with Crippen LogP contribution in [-0.2, 0) is 16.1 Å². The topological polar surface area (TPSA) is 102 Å². The number of hydrogen-bond acceptors (Lipinski definition) is 6. The number of hydrogen-bond donors (Lipinski definition) is 1. The minimum atomic E-state index is -0.335. The van der Waals surface area contributed by atoms with Crippen molar-refractivity contribution in [3.05, 3.63) is 53.6 Å². The van der Waals surface area contributed by atoms with Crippen molar-refractivity contribution < 1.29 is 14.3 Å². The van der Waals surface area contributed by atoms with Crippen molar-refractivity contribution in [2.45, 2.75) is 52.1 Å². The third-order valence-electron chi connectivity index (χ3n) is 5.99. The number of carbonyl (C=O) groups is 2. The van der Waals surface area contributed by atoms with Crippen LogP contribution in [0, 0.1) is 13.8 Å². The quantitative estimate of drug-likeness (QED) is 0.552. The maximum absolute atomic E-state index is 13.4. The van der Waals surface area contributed by atoms with Crippen molar-refractivity contribution >= 4 is 17.5 Å². The molecule has 1 fully saturated rings. The maximum Gasteiger partial charge on any atom is 0.251 e. The van der Waals surface area contributed by atoms with Crippen LogP contribution < -0.4 is 15.0 Å². The molecule has 0 saturated heterocycles. The van der Waals surface area contributed by atoms with Gasteiger partial charge in [-0.1, -0.05) is 48.7 Å². The van der Waals surface area contributed by atoms with Crippen LogP contribution in [0.15, 0.2) is 42.5 Å². The Hall–Kier alpha value is -3.75. The number of aromatic nitrogens is 4. The molecule has 0 atom stereocenters. The Balaban J connectivity index is 1.55. The Labute approximate surface area is 199 Å². The summed E-state index contributed by atoms with van der Waals surface area (Å²) < 4.78 is 5.49. The summed E-state index contributed by atoms with van der Waals surface area (Å²) in [5.41, 5.74) is 3.43. The molecular formula is C25H30N6O3. The molecule has 9 nitrogen and oxygen atoms in total. The van der Waals surface area contributed by atoms with E-state index in [1.54, 1.807) is 13.2 Å². The van der Waals surface area contributed by atoms with Gasteiger partial charge in [-0.25, -0.2) is 0 Å². The summed E-state index contributed by atoms with van der Waals surface area (Å²) in [7, 11) is 1.54. The first-order chi connectivity index (χ1) is 16.4. The first-order valence-electron chi connectivity index (χ1n) is 11.5. The van der Waals surface area contributed by atoms with Crippen LogP contribution in [0.1, 0.15) is 36.8 Å². The molecule has 1 aliphatic carbocycles. The number of nitrogens with zero attached hydrogens (tertiary/aromatic N) is 5. The monoisotopic (exact) mass is 462 g/mol. The second-order valence-corrected chi connectivity index (χ2v) is 8.71. The van der Waals surface area contributed by atoms with Gasteiger partial charge < -0.3 is 10.1 Å². The lowest BCUT2D eigenvalue weighted by Gasteiger charge is -2.25. The van der Waals surface area contributed by atoms with E-state index in [0.717, 1.165) is 42.4 Å². The lowest BCUT2D eigenvalue weighted by atomic mass is 10.1. The van der Waals surface area contributed by atoms with E-state index in [1.807, 2.05) is 50.2 Å². The Kier molecular flexibility index (Phi) is 7.20. The summed E-state index contributed by atoms with van der Waals surface area (Å²) in [6.45, 7) is 3.65. The number of ether oxygens (including phenoxy) is 1. The van der Waals surface area contributed by atoms with Crippen molar-refractivity contribution in [1.29, 1.82) is 0 Å². The summed E-state index contributed by atoms with van der Waals surface area (Å²) in [4.78, 5) is 28.9. The lowest BCUT2D eigenvalue weighted by molar-refractivity contribution is -0.124. The fraction of sp³-hybridized carbons (Fsp3) is 0.400. The van der Waals surface area contributed by atoms with Gasteiger partial charge in [-0.05, 0) is 49.6 Å². The van der Waals surface area contributed by atoms with Gasteiger partial charge in [0.05, 0.1) is 12.8 Å². The SMILES string of the molecule is COc1ccc(C)cc1N(CC(=O)NC1CCCC1)C(=O)Cn1nnc(-c2ccc(C)cc2)n1. The second kappa shape index (κ2) is 10.5. The zero-order valence-electron chi connectivity index (χ0n) is 19.8. The van der Waals surface area contributed by atoms with E-state index in [9.17, 15) is 9.59 Å². The summed E-state index contributed by atoms with van der Waals surface area (Å²) in [6, 6.07) is 13.5. The maximum atomic E-state index is 13.4. The summed E-state index contributed by atoms with van der Waals surface area (Å²) in [5, 5.41) is 15.6. The Morgan fingerprint density at radius 3 is 2.50 bits per heavy atom. The predicted molar refractivity (Wildman–Crippen MR) is 128 cm³/mol. The van der Waals surface area contributed by atoms with E-state index in [4.69, 9.17) is 4.74 Å². The molecule has 0 unspecified atom stereocenters. The molecule has 178 valence electrons. The molecule has 0 spiro atoms. The fourth-order valence-electron chi connectivity index (χ4n) is 4.14. The molecule has 1 aliphatic rings. The fourth-order valence-corrected chi connectivity index (χ4v) is 4.14. The number of rotatable bonds is 8. The average Bonchev–Trinajstić information content (AvgIpc) is 3.50. The summed E-state index contributed by atoms with van der Waals surface area (Å²) in [5.74, 6) is 0.417. The van der Waals surface area contributed by atoms with Gasteiger partial charge in [0.15, 0.2) is 0 Å². The van der Waals surface area contributed by atoms with E-state index in [2.05, 4.69) is 20.7 Å². The molecule has 34 heavy (non-hydrogen) atoms. The van der Waals surface area contributed by atoms with Crippen LogP contribution in [0.4, 0.5) is 5.69 Å². The smallest absolute Gasteiger partial charge is 0.251 e. The van der Waals surface area contributed by atoms with Crippen LogP contribution in [0.2, 0.25) is 0 Å². The summed E-state index contributed by atoms with van der Waals surface area (Å²) >= 11 is 0. The largest absolute Gasteiger partial charge is 0.495 e. The third kappa shape index (κ3) is 5.59. The van der Waals surface area contributed by atoms with Gasteiger partial charge in [0.25, 0.3) is 5.91 Å². The van der Waals surface area contributed by atoms with Gasteiger partial charge in [-0.2, -0.15) is 4.80 Å². The number of methoxy groups -OCH3 is 1. The van der Waals surface area contributed by atoms with Crippen molar-refractivity contribution in [3.8, 4) is 17.1 Å². The number of amides is 2. The highest BCUT2D eigenvalue weighted by molar-refractivity contribution is 5.99. The number of carbonyl (C=O) groups excluding carboxylic acids is 2. The highest BCUT2D eigenvalue weighted by atomic mass is 16.5. The molecule has 1 saturated carbocycles. The third-order valence-corrected chi connectivity index (χ3v) is 5.99. The normalized spacial score (nSPS) is 13.6. The van der Waals surface area contributed by atoms with Gasteiger partial charge in [0, 0.05) is 11.6 Å². The van der Waals surface area contributed by atoms with Crippen LogP contribution >= 0.6 is 0 Å². The molecule has 9 heteroatoms. The minimum Gasteiger partial charge on any atom is -0.495 e. The zero-order valence-corrected chi connectivity index (χ0v) is 19.8. The van der Waals surface area contributed by atoms with Crippen LogP contribution in [0.25, 0.3) is 11.4 Å². The second-order valence-electron chi connectivity index (χ2n) is 8.71. The lowest BCUT2D eigenvalue weighted by Crippen LogP contribution is -2.45. The molecule has 2 amide bonds. The van der Waals surface area contributed by atoms with Gasteiger partial charge in [0.1, 0.15) is 18.8 Å². The van der Waals surface area contributed by atoms with Crippen LogP contribution in [0.3, 0.4) is 0 Å². The first-order valence-corrected chi connectivity index (χ1v) is 11.5. The molecule has 2 aromatic carbocycles. The number of benzene rings is 2. The van der Waals surface area contributed by atoms with E-state index in [0.29, 0.717) is 17.3 Å². The molecule has 4 rings (SSSR count). The molecule has 1 aromatic heterocycles. The molecule has 3 aromatic rings. The van der Waals surface area contributed by atoms with Gasteiger partial charge >= 0.3 is 0 Å². The number of aryl methyl sites for hydroxylation is 2. The Morgan fingerprint density at radius 1 is 1.09 bits per heavy atom. The molecule has 1 N–H and O–H groups in total. The Bertz CT molecular complexity index is 1150. The standard InChI is InChI=1S/C25H30N6O3/c1-17-8-11-19(12-9-17)25-27-29-31(28-25)16-24(33)30(15-23(32)26-20-6-4-5-7-20)21-14-18(2)10-13-22(21)34-3/h8-14,20H,4-7,15-16H2,1-3H3,(H,26,32). The Morgan fingerprint density at radius 2 is 1.79 bits per heavy atom. The predicted octanol–water partition coefficient (Wildman–Crippen LogP) is 3.06. The first kappa shape index (κ1) is 23.4. The molecule has 0 bridgehead atoms. The summed E-state index contributed by atoms with van der Waals surface area (Å²) in [6.07, 6.45) is 4.16. The van der Waals surface area contributed by atoms with Gasteiger partial charge in [0.2, 0.25) is 11.7 Å². The van der Waals surface area contributed by atoms with Gasteiger partial charge in [-0.15, -0.1) is 10.2 Å².